The van der Waals surface area contributed by atoms with Crippen LogP contribution in [0.4, 0.5) is 5.69 Å². The molecule has 0 unspecified atom stereocenters. The monoisotopic (exact) mass is 330 g/mol. The summed E-state index contributed by atoms with van der Waals surface area (Å²) in [5.41, 5.74) is -1.11. The van der Waals surface area contributed by atoms with E-state index in [0.717, 1.165) is 0 Å². The molecule has 0 saturated carbocycles. The Hall–Kier alpha value is -3.69. The number of nitrogens with one attached hydrogen (secondary N) is 3. The maximum atomic E-state index is 12.0. The minimum atomic E-state index is -1.01. The molecule has 24 heavy (non-hydrogen) atoms. The highest BCUT2D eigenvalue weighted by Gasteiger charge is 2.20. The Morgan fingerprint density at radius 3 is 2.46 bits per heavy atom. The fraction of sp³-hybridized carbons (Fsp3) is 0.0714. The first-order valence-corrected chi connectivity index (χ1v) is 6.68. The molecule has 4 N–H and O–H groups in total. The molecule has 0 atom stereocenters. The van der Waals surface area contributed by atoms with Crippen molar-refractivity contribution in [2.24, 2.45) is 5.16 Å². The van der Waals surface area contributed by atoms with Crippen molar-refractivity contribution in [3.05, 3.63) is 56.2 Å². The van der Waals surface area contributed by atoms with Crippen LogP contribution in [0, 0.1) is 0 Å². The molecule has 1 aromatic heterocycles. The molecule has 1 amide bonds. The summed E-state index contributed by atoms with van der Waals surface area (Å²) in [7, 11) is 0. The molecule has 1 aromatic carbocycles. The van der Waals surface area contributed by atoms with Gasteiger partial charge in [0.1, 0.15) is 0 Å². The lowest BCUT2D eigenvalue weighted by molar-refractivity contribution is -0.140. The molecule has 0 aliphatic carbocycles. The molecule has 0 bridgehead atoms. The van der Waals surface area contributed by atoms with Crippen LogP contribution in [0.15, 0.2) is 39.0 Å². The zero-order valence-electron chi connectivity index (χ0n) is 12.0. The average molecular weight is 330 g/mol. The highest BCUT2D eigenvalue weighted by molar-refractivity contribution is 6.12. The van der Waals surface area contributed by atoms with E-state index in [2.05, 4.69) is 15.3 Å². The molecule has 2 heterocycles. The predicted molar refractivity (Wildman–Crippen MR) is 81.0 cm³/mol. The number of aromatic amines is 2. The maximum absolute atomic E-state index is 12.0. The van der Waals surface area contributed by atoms with Crippen molar-refractivity contribution >= 4 is 23.3 Å². The van der Waals surface area contributed by atoms with E-state index in [1.54, 1.807) is 12.1 Å². The van der Waals surface area contributed by atoms with Gasteiger partial charge in [0.2, 0.25) is 5.88 Å². The van der Waals surface area contributed by atoms with E-state index >= 15 is 0 Å². The zero-order chi connectivity index (χ0) is 17.3. The van der Waals surface area contributed by atoms with Gasteiger partial charge in [-0.1, -0.05) is 17.3 Å². The lowest BCUT2D eigenvalue weighted by Crippen LogP contribution is -2.30. The van der Waals surface area contributed by atoms with Gasteiger partial charge in [0.05, 0.1) is 12.1 Å². The highest BCUT2D eigenvalue weighted by atomic mass is 16.7. The topological polar surface area (TPSA) is 154 Å². The first kappa shape index (κ1) is 15.2. The van der Waals surface area contributed by atoms with E-state index in [1.807, 2.05) is 9.97 Å². The Kier molecular flexibility index (Phi) is 3.70. The Morgan fingerprint density at radius 2 is 1.88 bits per heavy atom. The number of carbonyl (C=O) groups is 2. The third-order valence-corrected chi connectivity index (χ3v) is 3.20. The molecule has 122 valence electrons. The van der Waals surface area contributed by atoms with Crippen molar-refractivity contribution in [3.8, 4) is 5.88 Å². The van der Waals surface area contributed by atoms with Crippen LogP contribution >= 0.6 is 0 Å². The molecule has 2 aromatic rings. The molecule has 10 heteroatoms. The predicted octanol–water partition coefficient (Wildman–Crippen LogP) is -0.328. The van der Waals surface area contributed by atoms with E-state index in [0.29, 0.717) is 17.0 Å². The minimum Gasteiger partial charge on any atom is -0.494 e. The second-order valence-electron chi connectivity index (χ2n) is 4.84. The third-order valence-electron chi connectivity index (χ3n) is 3.20. The summed E-state index contributed by atoms with van der Waals surface area (Å²) in [4.78, 5) is 53.9. The molecular weight excluding hydrogens is 320 g/mol. The van der Waals surface area contributed by atoms with Crippen LogP contribution in [0.2, 0.25) is 0 Å². The normalized spacial score (nSPS) is 13.3. The first-order valence-electron chi connectivity index (χ1n) is 6.68. The first-order chi connectivity index (χ1) is 11.4. The molecule has 0 spiro atoms. The number of anilines is 1. The van der Waals surface area contributed by atoms with Gasteiger partial charge in [-0.05, 0) is 12.1 Å². The number of hydrogen-bond donors (Lipinski definition) is 4. The number of oxime groups is 1. The van der Waals surface area contributed by atoms with E-state index in [4.69, 9.17) is 0 Å². The SMILES string of the molecule is O=C1CC(c2ccc(NC(=O)c3c(O)[nH]c(=O)[nH]c3=O)cc2)=NO1. The summed E-state index contributed by atoms with van der Waals surface area (Å²) in [5.74, 6) is -2.17. The van der Waals surface area contributed by atoms with Crippen LogP contribution in [0.3, 0.4) is 0 Å². The molecular formula is C14H10N4O6. The molecule has 0 saturated heterocycles. The second-order valence-corrected chi connectivity index (χ2v) is 4.84. The highest BCUT2D eigenvalue weighted by Crippen LogP contribution is 2.16. The summed E-state index contributed by atoms with van der Waals surface area (Å²) < 4.78 is 0. The van der Waals surface area contributed by atoms with Gasteiger partial charge in [-0.25, -0.2) is 9.59 Å². The molecule has 0 fully saturated rings. The van der Waals surface area contributed by atoms with Gasteiger partial charge >= 0.3 is 11.7 Å². The van der Waals surface area contributed by atoms with Gasteiger partial charge in [-0.3, -0.25) is 19.6 Å². The van der Waals surface area contributed by atoms with Gasteiger partial charge < -0.3 is 15.3 Å². The van der Waals surface area contributed by atoms with Crippen LogP contribution in [0.25, 0.3) is 0 Å². The smallest absolute Gasteiger partial charge is 0.341 e. The van der Waals surface area contributed by atoms with Gasteiger partial charge in [0.15, 0.2) is 5.56 Å². The lowest BCUT2D eigenvalue weighted by atomic mass is 10.1. The molecule has 1 aliphatic heterocycles. The molecule has 0 radical (unpaired) electrons. The van der Waals surface area contributed by atoms with Crippen LogP contribution in [0.1, 0.15) is 22.3 Å². The number of rotatable bonds is 3. The third kappa shape index (κ3) is 2.92. The van der Waals surface area contributed by atoms with Gasteiger partial charge in [-0.2, -0.15) is 0 Å². The number of carbonyl (C=O) groups excluding carboxylic acids is 2. The molecule has 1 aliphatic rings. The summed E-state index contributed by atoms with van der Waals surface area (Å²) in [6.45, 7) is 0. The standard InChI is InChI=1S/C14H10N4O6/c19-9-5-8(18-24-9)6-1-3-7(4-2-6)15-11(20)10-12(21)16-14(23)17-13(10)22/h1-4H,5H2,(H,15,20)(H3,16,17,21,22,23). The van der Waals surface area contributed by atoms with Crippen molar-refractivity contribution in [1.29, 1.82) is 0 Å². The fourth-order valence-corrected chi connectivity index (χ4v) is 2.09. The number of aromatic hydroxyl groups is 1. The van der Waals surface area contributed by atoms with Crippen molar-refractivity contribution < 1.29 is 19.5 Å². The average Bonchev–Trinajstić information content (AvgIpc) is 2.93. The van der Waals surface area contributed by atoms with Gasteiger partial charge in [0, 0.05) is 11.3 Å². The summed E-state index contributed by atoms with van der Waals surface area (Å²) in [5, 5.41) is 15.6. The lowest BCUT2D eigenvalue weighted by Gasteiger charge is -2.06. The van der Waals surface area contributed by atoms with E-state index in [-0.39, 0.29) is 6.42 Å². The number of aromatic nitrogens is 2. The zero-order valence-corrected chi connectivity index (χ0v) is 12.0. The Bertz CT molecular complexity index is 970. The largest absolute Gasteiger partial charge is 0.494 e. The number of hydrogen-bond acceptors (Lipinski definition) is 7. The number of H-pyrrole nitrogens is 2. The van der Waals surface area contributed by atoms with Crippen molar-refractivity contribution in [3.63, 3.8) is 0 Å². The number of amides is 1. The van der Waals surface area contributed by atoms with E-state index in [9.17, 15) is 24.3 Å². The van der Waals surface area contributed by atoms with Gasteiger partial charge in [0.25, 0.3) is 11.5 Å². The minimum absolute atomic E-state index is 0.0618. The molecule has 10 nitrogen and oxygen atoms in total. The van der Waals surface area contributed by atoms with Crippen LogP contribution in [-0.2, 0) is 9.63 Å². The van der Waals surface area contributed by atoms with Crippen molar-refractivity contribution in [2.45, 2.75) is 6.42 Å². The van der Waals surface area contributed by atoms with Crippen LogP contribution in [-0.4, -0.2) is 32.7 Å². The van der Waals surface area contributed by atoms with Crippen molar-refractivity contribution in [1.82, 2.24) is 9.97 Å². The van der Waals surface area contributed by atoms with Crippen LogP contribution < -0.4 is 16.6 Å². The van der Waals surface area contributed by atoms with Crippen molar-refractivity contribution in [2.75, 3.05) is 5.32 Å². The molecule has 3 rings (SSSR count). The van der Waals surface area contributed by atoms with E-state index in [1.165, 1.54) is 12.1 Å². The Balaban J connectivity index is 1.79. The van der Waals surface area contributed by atoms with Crippen LogP contribution in [0.5, 0.6) is 5.88 Å². The Morgan fingerprint density at radius 1 is 1.17 bits per heavy atom. The summed E-state index contributed by atoms with van der Waals surface area (Å²) >= 11 is 0. The van der Waals surface area contributed by atoms with E-state index < -0.39 is 34.6 Å². The summed E-state index contributed by atoms with van der Waals surface area (Å²) in [6.07, 6.45) is 0.0618. The Labute approximate surface area is 132 Å². The second kappa shape index (κ2) is 5.83. The number of nitrogens with zero attached hydrogens (tertiary/aromatic N) is 1. The number of benzene rings is 1. The van der Waals surface area contributed by atoms with Gasteiger partial charge in [-0.15, -0.1) is 0 Å². The summed E-state index contributed by atoms with van der Waals surface area (Å²) in [6, 6.07) is 6.26. The fourth-order valence-electron chi connectivity index (χ4n) is 2.09. The maximum Gasteiger partial charge on any atom is 0.341 e. The quantitative estimate of drug-likeness (QED) is 0.565.